The minimum atomic E-state index is 0.306. The van der Waals surface area contributed by atoms with E-state index < -0.39 is 0 Å². The third-order valence-corrected chi connectivity index (χ3v) is 4.20. The Hall–Kier alpha value is -0.430. The third-order valence-electron chi connectivity index (χ3n) is 3.00. The van der Waals surface area contributed by atoms with Crippen molar-refractivity contribution in [3.63, 3.8) is 0 Å². The van der Waals surface area contributed by atoms with Crippen molar-refractivity contribution < 1.29 is 0 Å². The van der Waals surface area contributed by atoms with Gasteiger partial charge in [0.2, 0.25) is 0 Å². The van der Waals surface area contributed by atoms with E-state index >= 15 is 0 Å². The summed E-state index contributed by atoms with van der Waals surface area (Å²) in [6, 6.07) is 10.7. The number of benzene rings is 1. The van der Waals surface area contributed by atoms with Crippen LogP contribution in [0.1, 0.15) is 47.5 Å². The molecular weight excluding hydrogens is 212 g/mol. The molecule has 0 aliphatic carbocycles. The Balaban J connectivity index is 2.65. The molecule has 0 amide bonds. The zero-order chi connectivity index (χ0) is 12.2. The molecule has 0 atom stereocenters. The molecule has 0 aromatic heterocycles. The second kappa shape index (κ2) is 5.27. The lowest BCUT2D eigenvalue weighted by molar-refractivity contribution is 0.292. The summed E-state index contributed by atoms with van der Waals surface area (Å²) in [6.45, 7) is 11.7. The van der Waals surface area contributed by atoms with Crippen LogP contribution in [0, 0.1) is 5.41 Å². The monoisotopic (exact) mass is 236 g/mol. The molecule has 1 heteroatoms. The first-order valence-electron chi connectivity index (χ1n) is 6.09. The van der Waals surface area contributed by atoms with E-state index in [1.54, 1.807) is 0 Å². The molecule has 0 spiro atoms. The molecule has 1 aromatic carbocycles. The summed E-state index contributed by atoms with van der Waals surface area (Å²) in [6.07, 6.45) is 2.49. The van der Waals surface area contributed by atoms with Crippen LogP contribution < -0.4 is 0 Å². The first-order chi connectivity index (χ1) is 7.35. The third kappa shape index (κ3) is 4.61. The smallest absolute Gasteiger partial charge is 0.0156 e. The van der Waals surface area contributed by atoms with Crippen molar-refractivity contribution in [3.05, 3.63) is 30.3 Å². The van der Waals surface area contributed by atoms with E-state index in [-0.39, 0.29) is 0 Å². The predicted octanol–water partition coefficient (Wildman–Crippen LogP) is 5.38. The van der Waals surface area contributed by atoms with Gasteiger partial charge in [-0.15, -0.1) is 11.8 Å². The Labute approximate surface area is 105 Å². The van der Waals surface area contributed by atoms with Gasteiger partial charge >= 0.3 is 0 Å². The zero-order valence-corrected chi connectivity index (χ0v) is 12.0. The van der Waals surface area contributed by atoms with Gasteiger partial charge in [-0.3, -0.25) is 0 Å². The molecule has 1 aromatic rings. The summed E-state index contributed by atoms with van der Waals surface area (Å²) in [4.78, 5) is 1.37. The normalized spacial score (nSPS) is 12.8. The van der Waals surface area contributed by atoms with Crippen LogP contribution in [0.4, 0.5) is 0 Å². The van der Waals surface area contributed by atoms with Crippen molar-refractivity contribution in [3.8, 4) is 0 Å². The Kier molecular flexibility index (Phi) is 4.49. The zero-order valence-electron chi connectivity index (χ0n) is 11.2. The average Bonchev–Trinajstić information content (AvgIpc) is 2.17. The maximum absolute atomic E-state index is 2.36. The van der Waals surface area contributed by atoms with E-state index in [1.807, 2.05) is 11.8 Å². The number of hydrogen-bond acceptors (Lipinski definition) is 1. The fraction of sp³-hybridized carbons (Fsp3) is 0.600. The summed E-state index contributed by atoms with van der Waals surface area (Å²) in [5.41, 5.74) is 0.436. The van der Waals surface area contributed by atoms with Crippen LogP contribution in [-0.2, 0) is 0 Å². The molecule has 0 saturated heterocycles. The van der Waals surface area contributed by atoms with E-state index in [9.17, 15) is 0 Å². The van der Waals surface area contributed by atoms with Crippen molar-refractivity contribution in [2.75, 3.05) is 0 Å². The van der Waals surface area contributed by atoms with Gasteiger partial charge in [0.05, 0.1) is 0 Å². The first-order valence-corrected chi connectivity index (χ1v) is 6.90. The highest BCUT2D eigenvalue weighted by Gasteiger charge is 2.28. The maximum Gasteiger partial charge on any atom is 0.0156 e. The molecule has 0 fully saturated rings. The highest BCUT2D eigenvalue weighted by Crippen LogP contribution is 2.41. The lowest BCUT2D eigenvalue weighted by Crippen LogP contribution is -2.25. The lowest BCUT2D eigenvalue weighted by Gasteiger charge is -2.33. The van der Waals surface area contributed by atoms with Crippen LogP contribution in [0.3, 0.4) is 0 Å². The summed E-state index contributed by atoms with van der Waals surface area (Å²) < 4.78 is 0.306. The van der Waals surface area contributed by atoms with Crippen molar-refractivity contribution >= 4 is 11.8 Å². The molecule has 0 radical (unpaired) electrons. The molecule has 0 unspecified atom stereocenters. The van der Waals surface area contributed by atoms with Crippen molar-refractivity contribution in [1.29, 1.82) is 0 Å². The van der Waals surface area contributed by atoms with Gasteiger partial charge in [-0.2, -0.15) is 0 Å². The van der Waals surface area contributed by atoms with E-state index in [1.165, 1.54) is 17.7 Å². The summed E-state index contributed by atoms with van der Waals surface area (Å²) >= 11 is 1.99. The molecule has 0 nitrogen and oxygen atoms in total. The predicted molar refractivity (Wildman–Crippen MR) is 75.1 cm³/mol. The van der Waals surface area contributed by atoms with Crippen molar-refractivity contribution in [2.45, 2.75) is 57.1 Å². The minimum Gasteiger partial charge on any atom is -0.120 e. The molecular formula is C15H24S. The molecule has 0 N–H and O–H groups in total. The van der Waals surface area contributed by atoms with E-state index in [2.05, 4.69) is 65.0 Å². The molecule has 1 rings (SSSR count). The molecule has 0 aliphatic rings. The number of rotatable bonds is 5. The van der Waals surface area contributed by atoms with Gasteiger partial charge in [0, 0.05) is 9.64 Å². The SMILES string of the molecule is CCC(C)(C)CC(C)(C)Sc1ccccc1. The van der Waals surface area contributed by atoms with E-state index in [0.29, 0.717) is 10.2 Å². The van der Waals surface area contributed by atoms with Gasteiger partial charge in [0.25, 0.3) is 0 Å². The van der Waals surface area contributed by atoms with Crippen LogP contribution in [0.15, 0.2) is 35.2 Å². The highest BCUT2D eigenvalue weighted by molar-refractivity contribution is 8.00. The standard InChI is InChI=1S/C15H24S/c1-6-14(2,3)12-15(4,5)16-13-10-8-7-9-11-13/h7-11H,6,12H2,1-5H3. The van der Waals surface area contributed by atoms with Crippen LogP contribution in [0.2, 0.25) is 0 Å². The van der Waals surface area contributed by atoms with Gasteiger partial charge in [-0.1, -0.05) is 59.2 Å². The topological polar surface area (TPSA) is 0 Å². The van der Waals surface area contributed by atoms with Crippen molar-refractivity contribution in [1.82, 2.24) is 0 Å². The molecule has 0 aliphatic heterocycles. The Morgan fingerprint density at radius 3 is 2.06 bits per heavy atom. The quantitative estimate of drug-likeness (QED) is 0.618. The fourth-order valence-electron chi connectivity index (χ4n) is 2.12. The molecule has 90 valence electrons. The lowest BCUT2D eigenvalue weighted by atomic mass is 9.81. The summed E-state index contributed by atoms with van der Waals surface area (Å²) in [5, 5.41) is 0. The van der Waals surface area contributed by atoms with Gasteiger partial charge in [-0.25, -0.2) is 0 Å². The van der Waals surface area contributed by atoms with Gasteiger partial charge in [0.15, 0.2) is 0 Å². The van der Waals surface area contributed by atoms with Crippen LogP contribution >= 0.6 is 11.8 Å². The molecule has 0 heterocycles. The summed E-state index contributed by atoms with van der Waals surface area (Å²) in [5.74, 6) is 0. The second-order valence-corrected chi connectivity index (χ2v) is 7.65. The number of thioether (sulfide) groups is 1. The maximum atomic E-state index is 2.36. The van der Waals surface area contributed by atoms with Crippen LogP contribution in [-0.4, -0.2) is 4.75 Å². The molecule has 0 saturated carbocycles. The minimum absolute atomic E-state index is 0.306. The molecule has 16 heavy (non-hydrogen) atoms. The Morgan fingerprint density at radius 1 is 1.00 bits per heavy atom. The average molecular weight is 236 g/mol. The number of hydrogen-bond donors (Lipinski definition) is 0. The second-order valence-electron chi connectivity index (χ2n) is 5.87. The first kappa shape index (κ1) is 13.6. The Morgan fingerprint density at radius 2 is 1.56 bits per heavy atom. The van der Waals surface area contributed by atoms with E-state index in [0.717, 1.165) is 0 Å². The van der Waals surface area contributed by atoms with Gasteiger partial charge in [-0.05, 0) is 24.0 Å². The van der Waals surface area contributed by atoms with Gasteiger partial charge in [0.1, 0.15) is 0 Å². The Bertz CT molecular complexity index is 311. The fourth-order valence-corrected chi connectivity index (χ4v) is 3.52. The summed E-state index contributed by atoms with van der Waals surface area (Å²) in [7, 11) is 0. The van der Waals surface area contributed by atoms with Crippen molar-refractivity contribution in [2.24, 2.45) is 5.41 Å². The van der Waals surface area contributed by atoms with Gasteiger partial charge < -0.3 is 0 Å². The van der Waals surface area contributed by atoms with Crippen LogP contribution in [0.25, 0.3) is 0 Å². The van der Waals surface area contributed by atoms with Crippen LogP contribution in [0.5, 0.6) is 0 Å². The molecule has 0 bridgehead atoms. The largest absolute Gasteiger partial charge is 0.120 e. The van der Waals surface area contributed by atoms with E-state index in [4.69, 9.17) is 0 Å². The highest BCUT2D eigenvalue weighted by atomic mass is 32.2.